The van der Waals surface area contributed by atoms with E-state index in [-0.39, 0.29) is 23.8 Å². The van der Waals surface area contributed by atoms with Gasteiger partial charge in [-0.25, -0.2) is 13.2 Å². The molecule has 1 atom stereocenters. The molecule has 0 bridgehead atoms. The third-order valence-electron chi connectivity index (χ3n) is 8.55. The van der Waals surface area contributed by atoms with E-state index >= 15 is 8.78 Å². The molecule has 0 N–H and O–H groups in total. The number of benzene rings is 2. The zero-order valence-electron chi connectivity index (χ0n) is 20.7. The van der Waals surface area contributed by atoms with Crippen LogP contribution in [0.3, 0.4) is 0 Å². The molecule has 2 aromatic carbocycles. The first-order valence-electron chi connectivity index (χ1n) is 13.5. The number of epoxide rings is 1. The molecule has 0 radical (unpaired) electrons. The molecule has 0 amide bonds. The summed E-state index contributed by atoms with van der Waals surface area (Å²) in [6, 6.07) is 8.66. The van der Waals surface area contributed by atoms with E-state index < -0.39 is 11.6 Å². The number of hydrogen-bond acceptors (Lipinski definition) is 2. The Morgan fingerprint density at radius 1 is 0.771 bits per heavy atom. The van der Waals surface area contributed by atoms with E-state index in [1.165, 1.54) is 18.9 Å². The molecule has 35 heavy (non-hydrogen) atoms. The second-order valence-electron chi connectivity index (χ2n) is 10.9. The molecule has 0 aromatic heterocycles. The van der Waals surface area contributed by atoms with Crippen LogP contribution in [0.25, 0.3) is 0 Å². The summed E-state index contributed by atoms with van der Waals surface area (Å²) in [5, 5.41) is 0. The quantitative estimate of drug-likeness (QED) is 0.349. The van der Waals surface area contributed by atoms with Crippen LogP contribution in [-0.4, -0.2) is 13.2 Å². The first-order chi connectivity index (χ1) is 17.0. The van der Waals surface area contributed by atoms with Crippen molar-refractivity contribution < 1.29 is 22.6 Å². The Bertz CT molecular complexity index is 1000. The summed E-state index contributed by atoms with van der Waals surface area (Å²) >= 11 is 0. The van der Waals surface area contributed by atoms with Gasteiger partial charge < -0.3 is 9.47 Å². The van der Waals surface area contributed by atoms with E-state index in [4.69, 9.17) is 9.47 Å². The largest absolute Gasteiger partial charge is 0.493 e. The Morgan fingerprint density at radius 2 is 1.31 bits per heavy atom. The van der Waals surface area contributed by atoms with Gasteiger partial charge in [-0.15, -0.1) is 0 Å². The van der Waals surface area contributed by atoms with Crippen molar-refractivity contribution >= 4 is 0 Å². The topological polar surface area (TPSA) is 21.8 Å². The summed E-state index contributed by atoms with van der Waals surface area (Å²) in [5.41, 5.74) is 1.70. The SMILES string of the molecule is CCCC1CCC(c2ccc(C3CCC(COc4ccc(C5CO5)c(F)c4)CC3)c(F)c2F)CC1. The van der Waals surface area contributed by atoms with Crippen LogP contribution in [-0.2, 0) is 4.74 Å². The molecule has 2 nitrogen and oxygen atoms in total. The highest BCUT2D eigenvalue weighted by Crippen LogP contribution is 2.42. The van der Waals surface area contributed by atoms with Crippen molar-refractivity contribution in [1.82, 2.24) is 0 Å². The zero-order valence-corrected chi connectivity index (χ0v) is 20.7. The first kappa shape index (κ1) is 24.7. The highest BCUT2D eigenvalue weighted by molar-refractivity contribution is 5.33. The fourth-order valence-corrected chi connectivity index (χ4v) is 6.32. The molecule has 2 saturated carbocycles. The van der Waals surface area contributed by atoms with Gasteiger partial charge in [0.1, 0.15) is 17.7 Å². The Labute approximate surface area is 207 Å². The second-order valence-corrected chi connectivity index (χ2v) is 10.9. The van der Waals surface area contributed by atoms with Crippen molar-refractivity contribution in [2.24, 2.45) is 11.8 Å². The van der Waals surface area contributed by atoms with E-state index in [1.54, 1.807) is 12.1 Å². The molecular weight excluding hydrogens is 449 g/mol. The molecule has 3 fully saturated rings. The van der Waals surface area contributed by atoms with E-state index in [1.807, 2.05) is 12.1 Å². The summed E-state index contributed by atoms with van der Waals surface area (Å²) in [5.74, 6) is 0.275. The molecule has 190 valence electrons. The maximum absolute atomic E-state index is 15.2. The van der Waals surface area contributed by atoms with Gasteiger partial charge in [-0.05, 0) is 98.3 Å². The fraction of sp³-hybridized carbons (Fsp3) is 0.600. The van der Waals surface area contributed by atoms with E-state index in [2.05, 4.69) is 6.92 Å². The van der Waals surface area contributed by atoms with Crippen LogP contribution < -0.4 is 4.74 Å². The van der Waals surface area contributed by atoms with E-state index in [9.17, 15) is 4.39 Å². The van der Waals surface area contributed by atoms with Crippen molar-refractivity contribution in [3.05, 3.63) is 64.5 Å². The maximum Gasteiger partial charge on any atom is 0.162 e. The lowest BCUT2D eigenvalue weighted by molar-refractivity contribution is 0.198. The molecule has 3 aliphatic rings. The zero-order chi connectivity index (χ0) is 24.4. The Hall–Kier alpha value is -2.01. The van der Waals surface area contributed by atoms with Crippen molar-refractivity contribution in [3.8, 4) is 5.75 Å². The number of rotatable bonds is 8. The van der Waals surface area contributed by atoms with Crippen molar-refractivity contribution in [3.63, 3.8) is 0 Å². The molecule has 5 heteroatoms. The van der Waals surface area contributed by atoms with Gasteiger partial charge in [0.25, 0.3) is 0 Å². The molecule has 1 saturated heterocycles. The smallest absolute Gasteiger partial charge is 0.162 e. The van der Waals surface area contributed by atoms with Crippen molar-refractivity contribution in [2.45, 2.75) is 89.1 Å². The van der Waals surface area contributed by atoms with Gasteiger partial charge in [0.2, 0.25) is 0 Å². The van der Waals surface area contributed by atoms with Gasteiger partial charge in [-0.3, -0.25) is 0 Å². The average Bonchev–Trinajstić information content (AvgIpc) is 3.71. The van der Waals surface area contributed by atoms with Crippen LogP contribution in [0.4, 0.5) is 13.2 Å². The van der Waals surface area contributed by atoms with Gasteiger partial charge >= 0.3 is 0 Å². The third kappa shape index (κ3) is 5.71. The number of hydrogen-bond donors (Lipinski definition) is 0. The Kier molecular flexibility index (Phi) is 7.71. The van der Waals surface area contributed by atoms with Crippen LogP contribution in [0.5, 0.6) is 5.75 Å². The highest BCUT2D eigenvalue weighted by atomic mass is 19.2. The van der Waals surface area contributed by atoms with Crippen LogP contribution >= 0.6 is 0 Å². The molecule has 1 unspecified atom stereocenters. The molecule has 5 rings (SSSR count). The normalized spacial score (nSPS) is 28.6. The van der Waals surface area contributed by atoms with Crippen molar-refractivity contribution in [1.29, 1.82) is 0 Å². The van der Waals surface area contributed by atoms with Gasteiger partial charge in [0, 0.05) is 11.6 Å². The number of halogens is 3. The van der Waals surface area contributed by atoms with E-state index in [0.717, 1.165) is 57.3 Å². The summed E-state index contributed by atoms with van der Waals surface area (Å²) < 4.78 is 55.5. The maximum atomic E-state index is 15.2. The van der Waals surface area contributed by atoms with Gasteiger partial charge in [-0.2, -0.15) is 0 Å². The average molecular weight is 487 g/mol. The number of ether oxygens (including phenoxy) is 2. The molecular formula is C30H37F3O2. The molecule has 2 aliphatic carbocycles. The van der Waals surface area contributed by atoms with Crippen LogP contribution in [0.2, 0.25) is 0 Å². The second kappa shape index (κ2) is 10.9. The minimum Gasteiger partial charge on any atom is -0.493 e. The first-order valence-corrected chi connectivity index (χ1v) is 13.5. The van der Waals surface area contributed by atoms with Gasteiger partial charge in [0.05, 0.1) is 13.2 Å². The predicted molar refractivity (Wildman–Crippen MR) is 131 cm³/mol. The lowest BCUT2D eigenvalue weighted by Gasteiger charge is -2.31. The standard InChI is InChI=1S/C30H37F3O2/c1-2-3-19-4-8-21(9-5-19)24-14-15-25(30(33)29(24)32)22-10-6-20(7-11-22)17-34-23-12-13-26(27(31)16-23)28-18-35-28/h12-16,19-22,28H,2-11,17-18H2,1H3. The third-order valence-corrected chi connectivity index (χ3v) is 8.55. The molecule has 0 spiro atoms. The summed E-state index contributed by atoms with van der Waals surface area (Å²) in [6.07, 6.45) is 9.93. The monoisotopic (exact) mass is 486 g/mol. The van der Waals surface area contributed by atoms with Gasteiger partial charge in [0.15, 0.2) is 11.6 Å². The van der Waals surface area contributed by atoms with E-state index in [0.29, 0.717) is 41.6 Å². The van der Waals surface area contributed by atoms with Crippen molar-refractivity contribution in [2.75, 3.05) is 13.2 Å². The summed E-state index contributed by atoms with van der Waals surface area (Å²) in [7, 11) is 0. The van der Waals surface area contributed by atoms with Gasteiger partial charge in [-0.1, -0.05) is 31.9 Å². The fourth-order valence-electron chi connectivity index (χ4n) is 6.32. The predicted octanol–water partition coefficient (Wildman–Crippen LogP) is 8.60. The highest BCUT2D eigenvalue weighted by Gasteiger charge is 2.30. The summed E-state index contributed by atoms with van der Waals surface area (Å²) in [4.78, 5) is 0. The van der Waals surface area contributed by atoms with Crippen LogP contribution in [0.15, 0.2) is 30.3 Å². The minimum absolute atomic E-state index is 0.0466. The lowest BCUT2D eigenvalue weighted by Crippen LogP contribution is -2.20. The summed E-state index contributed by atoms with van der Waals surface area (Å²) in [6.45, 7) is 3.31. The molecule has 1 aliphatic heterocycles. The Morgan fingerprint density at radius 3 is 1.83 bits per heavy atom. The van der Waals surface area contributed by atoms with Crippen LogP contribution in [0.1, 0.15) is 106 Å². The van der Waals surface area contributed by atoms with Crippen LogP contribution in [0, 0.1) is 29.3 Å². The Balaban J connectivity index is 1.13. The lowest BCUT2D eigenvalue weighted by atomic mass is 9.75. The minimum atomic E-state index is -0.631. The molecule has 2 aromatic rings. The molecule has 1 heterocycles.